The van der Waals surface area contributed by atoms with Crippen molar-refractivity contribution in [1.82, 2.24) is 10.5 Å². The molecule has 0 spiro atoms. The zero-order valence-corrected chi connectivity index (χ0v) is 16.9. The maximum atomic E-state index is 12.4. The second kappa shape index (κ2) is 8.34. The van der Waals surface area contributed by atoms with Gasteiger partial charge in [-0.2, -0.15) is 0 Å². The molecule has 29 heavy (non-hydrogen) atoms. The second-order valence-electron chi connectivity index (χ2n) is 7.79. The molecule has 0 aliphatic carbocycles. The highest BCUT2D eigenvalue weighted by Gasteiger charge is 2.20. The summed E-state index contributed by atoms with van der Waals surface area (Å²) >= 11 is 0. The molecule has 3 aromatic rings. The van der Waals surface area contributed by atoms with Crippen LogP contribution in [-0.2, 0) is 21.6 Å². The number of rotatable bonds is 6. The van der Waals surface area contributed by atoms with Crippen LogP contribution in [0, 0.1) is 0 Å². The lowest BCUT2D eigenvalue weighted by molar-refractivity contribution is -0.146. The molecule has 152 valence electrons. The number of amides is 1. The first kappa shape index (κ1) is 20.4. The fourth-order valence-corrected chi connectivity index (χ4v) is 2.65. The van der Waals surface area contributed by atoms with Gasteiger partial charge in [0, 0.05) is 11.6 Å². The maximum absolute atomic E-state index is 12.4. The van der Waals surface area contributed by atoms with Gasteiger partial charge in [0.05, 0.1) is 6.26 Å². The summed E-state index contributed by atoms with van der Waals surface area (Å²) in [5.41, 5.74) is 2.06. The van der Waals surface area contributed by atoms with Crippen molar-refractivity contribution in [2.45, 2.75) is 45.8 Å². The molecule has 1 N–H and O–H groups in total. The van der Waals surface area contributed by atoms with Gasteiger partial charge in [-0.1, -0.05) is 38.1 Å². The molecule has 0 fully saturated rings. The summed E-state index contributed by atoms with van der Waals surface area (Å²) in [7, 11) is 0. The van der Waals surface area contributed by atoms with Crippen LogP contribution in [0.3, 0.4) is 0 Å². The second-order valence-corrected chi connectivity index (χ2v) is 7.79. The average Bonchev–Trinajstić information content (AvgIpc) is 3.37. The van der Waals surface area contributed by atoms with E-state index in [0.29, 0.717) is 22.8 Å². The number of hydrogen-bond donors (Lipinski definition) is 1. The Morgan fingerprint density at radius 1 is 1.14 bits per heavy atom. The molecule has 0 unspecified atom stereocenters. The summed E-state index contributed by atoms with van der Waals surface area (Å²) < 4.78 is 15.6. The van der Waals surface area contributed by atoms with Gasteiger partial charge >= 0.3 is 5.97 Å². The quantitative estimate of drug-likeness (QED) is 0.631. The molecule has 1 atom stereocenters. The topological polar surface area (TPSA) is 94.6 Å². The van der Waals surface area contributed by atoms with Crippen molar-refractivity contribution in [1.29, 1.82) is 0 Å². The van der Waals surface area contributed by atoms with Crippen LogP contribution in [0.5, 0.6) is 0 Å². The molecule has 7 nitrogen and oxygen atoms in total. The van der Waals surface area contributed by atoms with Crippen molar-refractivity contribution in [2.24, 2.45) is 0 Å². The molecule has 0 aliphatic rings. The zero-order valence-electron chi connectivity index (χ0n) is 16.9. The Morgan fingerprint density at radius 3 is 2.48 bits per heavy atom. The molecule has 0 saturated carbocycles. The van der Waals surface area contributed by atoms with E-state index < -0.39 is 12.0 Å². The van der Waals surface area contributed by atoms with E-state index in [9.17, 15) is 9.59 Å². The SMILES string of the molecule is C[C@H](NC(=O)c1ccc(C(C)(C)C)cc1)C(=O)OCc1cc(-c2ccco2)on1. The van der Waals surface area contributed by atoms with E-state index >= 15 is 0 Å². The Kier molecular flexibility index (Phi) is 5.87. The Hall–Kier alpha value is -3.35. The van der Waals surface area contributed by atoms with Gasteiger partial charge in [0.1, 0.15) is 18.3 Å². The van der Waals surface area contributed by atoms with Gasteiger partial charge in [-0.25, -0.2) is 4.79 Å². The molecule has 2 aromatic heterocycles. The number of carbonyl (C=O) groups excluding carboxylic acids is 2. The first-order chi connectivity index (χ1) is 13.7. The van der Waals surface area contributed by atoms with Crippen LogP contribution in [0.25, 0.3) is 11.5 Å². The van der Waals surface area contributed by atoms with Gasteiger partial charge in [0.2, 0.25) is 5.76 Å². The highest BCUT2D eigenvalue weighted by Crippen LogP contribution is 2.22. The fourth-order valence-electron chi connectivity index (χ4n) is 2.65. The van der Waals surface area contributed by atoms with E-state index in [1.807, 2.05) is 12.1 Å². The largest absolute Gasteiger partial charge is 0.461 e. The Labute approximate surface area is 169 Å². The van der Waals surface area contributed by atoms with E-state index in [4.69, 9.17) is 13.7 Å². The van der Waals surface area contributed by atoms with Crippen molar-refractivity contribution >= 4 is 11.9 Å². The highest BCUT2D eigenvalue weighted by atomic mass is 16.5. The van der Waals surface area contributed by atoms with Gasteiger partial charge in [-0.05, 0) is 42.2 Å². The highest BCUT2D eigenvalue weighted by molar-refractivity contribution is 5.96. The predicted octanol–water partition coefficient (Wildman–Crippen LogP) is 4.09. The van der Waals surface area contributed by atoms with Crippen molar-refractivity contribution in [3.8, 4) is 11.5 Å². The minimum atomic E-state index is -0.804. The first-order valence-electron chi connectivity index (χ1n) is 9.31. The van der Waals surface area contributed by atoms with Crippen LogP contribution < -0.4 is 5.32 Å². The lowest BCUT2D eigenvalue weighted by Crippen LogP contribution is -2.39. The van der Waals surface area contributed by atoms with Crippen molar-refractivity contribution in [2.75, 3.05) is 0 Å². The number of esters is 1. The standard InChI is InChI=1S/C22H24N2O5/c1-14(23-20(25)15-7-9-16(10-8-15)22(2,3)4)21(26)28-13-17-12-19(29-24-17)18-6-5-11-27-18/h5-12,14H,13H2,1-4H3,(H,23,25)/t14-/m0/s1. The summed E-state index contributed by atoms with van der Waals surface area (Å²) in [4.78, 5) is 24.6. The van der Waals surface area contributed by atoms with Crippen LogP contribution in [0.4, 0.5) is 0 Å². The van der Waals surface area contributed by atoms with Gasteiger partial charge in [0.15, 0.2) is 5.76 Å². The number of benzene rings is 1. The van der Waals surface area contributed by atoms with E-state index in [1.165, 1.54) is 6.26 Å². The van der Waals surface area contributed by atoms with Crippen LogP contribution in [-0.4, -0.2) is 23.1 Å². The smallest absolute Gasteiger partial charge is 0.328 e. The van der Waals surface area contributed by atoms with Crippen molar-refractivity contribution in [3.05, 3.63) is 65.5 Å². The Balaban J connectivity index is 1.52. The van der Waals surface area contributed by atoms with Crippen LogP contribution in [0.15, 0.2) is 57.7 Å². The van der Waals surface area contributed by atoms with Crippen LogP contribution >= 0.6 is 0 Å². The molecule has 2 heterocycles. The third-order valence-corrected chi connectivity index (χ3v) is 4.40. The zero-order chi connectivity index (χ0) is 21.0. The van der Waals surface area contributed by atoms with Crippen LogP contribution in [0.1, 0.15) is 49.3 Å². The number of nitrogens with zero attached hydrogens (tertiary/aromatic N) is 1. The number of hydrogen-bond acceptors (Lipinski definition) is 6. The summed E-state index contributed by atoms with van der Waals surface area (Å²) in [6.07, 6.45) is 1.53. The fraction of sp³-hybridized carbons (Fsp3) is 0.318. The first-order valence-corrected chi connectivity index (χ1v) is 9.31. The molecule has 1 aromatic carbocycles. The number of ether oxygens (including phenoxy) is 1. The van der Waals surface area contributed by atoms with Crippen LogP contribution in [0.2, 0.25) is 0 Å². The molecule has 1 amide bonds. The van der Waals surface area contributed by atoms with Gasteiger partial charge < -0.3 is 19.0 Å². The normalized spacial score (nSPS) is 12.4. The summed E-state index contributed by atoms with van der Waals surface area (Å²) in [5.74, 6) is 0.0814. The van der Waals surface area contributed by atoms with Gasteiger partial charge in [-0.3, -0.25) is 4.79 Å². The molecular weight excluding hydrogens is 372 g/mol. The molecule has 0 radical (unpaired) electrons. The Morgan fingerprint density at radius 2 is 1.86 bits per heavy atom. The van der Waals surface area contributed by atoms with E-state index in [1.54, 1.807) is 37.3 Å². The van der Waals surface area contributed by atoms with Gasteiger partial charge in [-0.15, -0.1) is 0 Å². The summed E-state index contributed by atoms with van der Waals surface area (Å²) in [5, 5.41) is 6.49. The third-order valence-electron chi connectivity index (χ3n) is 4.40. The molecular formula is C22H24N2O5. The van der Waals surface area contributed by atoms with Crippen molar-refractivity contribution < 1.29 is 23.3 Å². The lowest BCUT2D eigenvalue weighted by Gasteiger charge is -2.19. The average molecular weight is 396 g/mol. The predicted molar refractivity (Wildman–Crippen MR) is 106 cm³/mol. The number of nitrogens with one attached hydrogen (secondary N) is 1. The number of aromatic nitrogens is 1. The van der Waals surface area contributed by atoms with E-state index in [2.05, 4.69) is 31.2 Å². The van der Waals surface area contributed by atoms with Crippen molar-refractivity contribution in [3.63, 3.8) is 0 Å². The lowest BCUT2D eigenvalue weighted by atomic mass is 9.86. The van der Waals surface area contributed by atoms with E-state index in [0.717, 1.165) is 5.56 Å². The minimum absolute atomic E-state index is 0.00399. The number of carbonyl (C=O) groups is 2. The monoisotopic (exact) mass is 396 g/mol. The van der Waals surface area contributed by atoms with E-state index in [-0.39, 0.29) is 17.9 Å². The van der Waals surface area contributed by atoms with Gasteiger partial charge in [0.25, 0.3) is 5.91 Å². The maximum Gasteiger partial charge on any atom is 0.328 e. The summed E-state index contributed by atoms with van der Waals surface area (Å²) in [6.45, 7) is 7.82. The molecule has 3 rings (SSSR count). The minimum Gasteiger partial charge on any atom is -0.461 e. The number of furan rings is 1. The third kappa shape index (κ3) is 5.13. The molecule has 0 saturated heterocycles. The Bertz CT molecular complexity index is 966. The molecule has 0 bridgehead atoms. The molecule has 7 heteroatoms. The summed E-state index contributed by atoms with van der Waals surface area (Å²) in [6, 6.07) is 11.6. The molecule has 0 aliphatic heterocycles.